The predicted octanol–water partition coefficient (Wildman–Crippen LogP) is 2.55. The zero-order valence-electron chi connectivity index (χ0n) is 12.1. The molecule has 2 rings (SSSR count). The van der Waals surface area contributed by atoms with E-state index in [1.54, 1.807) is 52.4 Å². The van der Waals surface area contributed by atoms with Crippen molar-refractivity contribution in [3.8, 4) is 17.1 Å². The number of benzene rings is 1. The van der Waals surface area contributed by atoms with Crippen molar-refractivity contribution in [2.75, 3.05) is 26.9 Å². The number of hydrogen-bond acceptors (Lipinski definition) is 4. The summed E-state index contributed by atoms with van der Waals surface area (Å²) in [7, 11) is 4.97. The van der Waals surface area contributed by atoms with Crippen LogP contribution in [0, 0.1) is 6.92 Å². The number of aryl methyl sites for hydroxylation is 1. The van der Waals surface area contributed by atoms with E-state index in [0.717, 1.165) is 5.56 Å². The van der Waals surface area contributed by atoms with E-state index in [1.807, 2.05) is 0 Å². The monoisotopic (exact) mass is 274 g/mol. The maximum Gasteiger partial charge on any atom is 0.253 e. The summed E-state index contributed by atoms with van der Waals surface area (Å²) in [5.74, 6) is 1.78. The van der Waals surface area contributed by atoms with Crippen LogP contribution in [0.15, 0.2) is 28.7 Å². The highest BCUT2D eigenvalue weighted by atomic mass is 16.5. The number of nitrogen functional groups attached to an aromatic ring is 1. The van der Waals surface area contributed by atoms with Gasteiger partial charge in [-0.3, -0.25) is 4.79 Å². The van der Waals surface area contributed by atoms with Crippen LogP contribution >= 0.6 is 0 Å². The predicted molar refractivity (Wildman–Crippen MR) is 77.9 cm³/mol. The van der Waals surface area contributed by atoms with Gasteiger partial charge in [0.2, 0.25) is 0 Å². The molecular weight excluding hydrogens is 256 g/mol. The second-order valence-electron chi connectivity index (χ2n) is 4.74. The van der Waals surface area contributed by atoms with E-state index < -0.39 is 0 Å². The van der Waals surface area contributed by atoms with E-state index in [2.05, 4.69) is 0 Å². The Morgan fingerprint density at radius 2 is 2.00 bits per heavy atom. The molecule has 1 heterocycles. The molecule has 1 aromatic carbocycles. The minimum absolute atomic E-state index is 0.0787. The fourth-order valence-electron chi connectivity index (χ4n) is 1.91. The van der Waals surface area contributed by atoms with Crippen molar-refractivity contribution in [1.82, 2.24) is 4.90 Å². The number of anilines is 1. The number of ether oxygens (including phenoxy) is 1. The molecule has 5 heteroatoms. The van der Waals surface area contributed by atoms with Crippen molar-refractivity contribution < 1.29 is 13.9 Å². The lowest BCUT2D eigenvalue weighted by Gasteiger charge is -2.12. The van der Waals surface area contributed by atoms with E-state index >= 15 is 0 Å². The third-order valence-corrected chi connectivity index (χ3v) is 3.08. The molecule has 0 aliphatic rings. The van der Waals surface area contributed by atoms with Gasteiger partial charge in [-0.05, 0) is 25.1 Å². The lowest BCUT2D eigenvalue weighted by atomic mass is 10.1. The van der Waals surface area contributed by atoms with Crippen LogP contribution in [0.4, 0.5) is 5.69 Å². The lowest BCUT2D eigenvalue weighted by Crippen LogP contribution is -2.21. The van der Waals surface area contributed by atoms with Crippen LogP contribution in [0.25, 0.3) is 11.3 Å². The van der Waals surface area contributed by atoms with Gasteiger partial charge < -0.3 is 19.8 Å². The van der Waals surface area contributed by atoms with E-state index in [9.17, 15) is 4.79 Å². The molecule has 0 spiro atoms. The molecule has 0 bridgehead atoms. The first-order chi connectivity index (χ1) is 9.43. The fourth-order valence-corrected chi connectivity index (χ4v) is 1.91. The van der Waals surface area contributed by atoms with Crippen LogP contribution in [-0.4, -0.2) is 32.0 Å². The lowest BCUT2D eigenvalue weighted by molar-refractivity contribution is 0.0827. The molecule has 0 fully saturated rings. The number of nitrogens with zero attached hydrogens (tertiary/aromatic N) is 1. The smallest absolute Gasteiger partial charge is 0.253 e. The number of amides is 1. The van der Waals surface area contributed by atoms with Crippen LogP contribution in [0.3, 0.4) is 0 Å². The standard InChI is InChI=1S/C15H18N2O3/c1-9-12(16)8-14(20-9)11-6-5-10(7-13(11)19-4)15(18)17(2)3/h5-8H,16H2,1-4H3. The summed E-state index contributed by atoms with van der Waals surface area (Å²) >= 11 is 0. The van der Waals surface area contributed by atoms with Crippen molar-refractivity contribution >= 4 is 11.6 Å². The molecule has 1 amide bonds. The molecule has 0 aliphatic carbocycles. The van der Waals surface area contributed by atoms with Crippen molar-refractivity contribution in [2.45, 2.75) is 6.92 Å². The quantitative estimate of drug-likeness (QED) is 0.933. The summed E-state index contributed by atoms with van der Waals surface area (Å²) in [6.45, 7) is 1.80. The number of carbonyl (C=O) groups is 1. The SMILES string of the molecule is COc1cc(C(=O)N(C)C)ccc1-c1cc(N)c(C)o1. The topological polar surface area (TPSA) is 68.7 Å². The summed E-state index contributed by atoms with van der Waals surface area (Å²) in [4.78, 5) is 13.5. The molecular formula is C15H18N2O3. The summed E-state index contributed by atoms with van der Waals surface area (Å²) in [5, 5.41) is 0. The van der Waals surface area contributed by atoms with E-state index in [4.69, 9.17) is 14.9 Å². The number of furan rings is 1. The van der Waals surface area contributed by atoms with Gasteiger partial charge in [0.05, 0.1) is 18.4 Å². The average molecular weight is 274 g/mol. The first kappa shape index (κ1) is 14.0. The zero-order chi connectivity index (χ0) is 14.9. The fraction of sp³-hybridized carbons (Fsp3) is 0.267. The summed E-state index contributed by atoms with van der Waals surface area (Å²) in [5.41, 5.74) is 7.71. The maximum atomic E-state index is 11.9. The Balaban J connectivity index is 2.48. The Labute approximate surface area is 117 Å². The molecule has 106 valence electrons. The van der Waals surface area contributed by atoms with Gasteiger partial charge in [0.15, 0.2) is 0 Å². The van der Waals surface area contributed by atoms with Crippen molar-refractivity contribution in [1.29, 1.82) is 0 Å². The van der Waals surface area contributed by atoms with Crippen molar-refractivity contribution in [2.24, 2.45) is 0 Å². The third-order valence-electron chi connectivity index (χ3n) is 3.08. The van der Waals surface area contributed by atoms with Gasteiger partial charge in [-0.2, -0.15) is 0 Å². The molecule has 0 aliphatic heterocycles. The molecule has 0 atom stereocenters. The Hall–Kier alpha value is -2.43. The highest BCUT2D eigenvalue weighted by Crippen LogP contribution is 2.34. The van der Waals surface area contributed by atoms with E-state index in [1.165, 1.54) is 4.90 Å². The van der Waals surface area contributed by atoms with Gasteiger partial charge in [-0.25, -0.2) is 0 Å². The van der Waals surface area contributed by atoms with Crippen molar-refractivity contribution in [3.05, 3.63) is 35.6 Å². The second kappa shape index (κ2) is 5.28. The molecule has 5 nitrogen and oxygen atoms in total. The Kier molecular flexibility index (Phi) is 3.70. The van der Waals surface area contributed by atoms with E-state index in [0.29, 0.717) is 28.5 Å². The Morgan fingerprint density at radius 3 is 2.50 bits per heavy atom. The summed E-state index contributed by atoms with van der Waals surface area (Å²) < 4.78 is 10.9. The normalized spacial score (nSPS) is 10.4. The van der Waals surface area contributed by atoms with Gasteiger partial charge in [0, 0.05) is 25.7 Å². The van der Waals surface area contributed by atoms with Crippen LogP contribution in [0.2, 0.25) is 0 Å². The summed E-state index contributed by atoms with van der Waals surface area (Å²) in [6.07, 6.45) is 0. The molecule has 0 saturated heterocycles. The first-order valence-electron chi connectivity index (χ1n) is 6.20. The molecule has 20 heavy (non-hydrogen) atoms. The Morgan fingerprint density at radius 1 is 1.30 bits per heavy atom. The summed E-state index contributed by atoms with van der Waals surface area (Å²) in [6, 6.07) is 6.99. The number of nitrogens with two attached hydrogens (primary N) is 1. The number of rotatable bonds is 3. The minimum atomic E-state index is -0.0787. The van der Waals surface area contributed by atoms with Gasteiger partial charge in [-0.15, -0.1) is 0 Å². The molecule has 0 saturated carbocycles. The number of hydrogen-bond donors (Lipinski definition) is 1. The first-order valence-corrected chi connectivity index (χ1v) is 6.20. The van der Waals surface area contributed by atoms with Gasteiger partial charge >= 0.3 is 0 Å². The van der Waals surface area contributed by atoms with E-state index in [-0.39, 0.29) is 5.91 Å². The molecule has 1 aromatic heterocycles. The second-order valence-corrected chi connectivity index (χ2v) is 4.74. The number of methoxy groups -OCH3 is 1. The molecule has 2 N–H and O–H groups in total. The van der Waals surface area contributed by atoms with Gasteiger partial charge in [-0.1, -0.05) is 0 Å². The Bertz CT molecular complexity index is 625. The highest BCUT2D eigenvalue weighted by Gasteiger charge is 2.15. The maximum absolute atomic E-state index is 11.9. The largest absolute Gasteiger partial charge is 0.496 e. The van der Waals surface area contributed by atoms with Crippen LogP contribution in [0.5, 0.6) is 5.75 Å². The minimum Gasteiger partial charge on any atom is -0.496 e. The van der Waals surface area contributed by atoms with Crippen LogP contribution in [-0.2, 0) is 0 Å². The van der Waals surface area contributed by atoms with Crippen LogP contribution < -0.4 is 10.5 Å². The third kappa shape index (κ3) is 2.47. The number of carbonyl (C=O) groups excluding carboxylic acids is 1. The zero-order valence-corrected chi connectivity index (χ0v) is 12.1. The molecule has 2 aromatic rings. The van der Waals surface area contributed by atoms with Gasteiger partial charge in [0.1, 0.15) is 17.3 Å². The van der Waals surface area contributed by atoms with Crippen LogP contribution in [0.1, 0.15) is 16.1 Å². The van der Waals surface area contributed by atoms with Gasteiger partial charge in [0.25, 0.3) is 5.91 Å². The van der Waals surface area contributed by atoms with Crippen molar-refractivity contribution in [3.63, 3.8) is 0 Å². The highest BCUT2D eigenvalue weighted by molar-refractivity contribution is 5.95. The molecule has 0 radical (unpaired) electrons. The molecule has 0 unspecified atom stereocenters. The average Bonchev–Trinajstić information content (AvgIpc) is 2.76.